The minimum atomic E-state index is -3.62. The first-order chi connectivity index (χ1) is 13.9. The third-order valence-corrected chi connectivity index (χ3v) is 6.57. The van der Waals surface area contributed by atoms with Crippen LogP contribution in [-0.2, 0) is 14.8 Å². The number of sulfonamides is 1. The third-order valence-electron chi connectivity index (χ3n) is 4.66. The van der Waals surface area contributed by atoms with E-state index < -0.39 is 10.0 Å². The average molecular weight is 421 g/mol. The van der Waals surface area contributed by atoms with E-state index in [1.165, 1.54) is 29.8 Å². The van der Waals surface area contributed by atoms with Gasteiger partial charge in [0.2, 0.25) is 15.9 Å². The van der Waals surface area contributed by atoms with Crippen LogP contribution in [0.1, 0.15) is 17.0 Å². The molecule has 3 rings (SSSR count). The minimum Gasteiger partial charge on any atom is -0.497 e. The largest absolute Gasteiger partial charge is 0.497 e. The summed E-state index contributed by atoms with van der Waals surface area (Å²) < 4.78 is 36.9. The second-order valence-corrected chi connectivity index (χ2v) is 8.38. The zero-order chi connectivity index (χ0) is 20.9. The van der Waals surface area contributed by atoms with E-state index in [-0.39, 0.29) is 48.5 Å². The van der Waals surface area contributed by atoms with Crippen LogP contribution in [0.15, 0.2) is 52.0 Å². The highest BCUT2D eigenvalue weighted by molar-refractivity contribution is 7.89. The number of benzene rings is 1. The molecule has 0 unspecified atom stereocenters. The lowest BCUT2D eigenvalue weighted by atomic mass is 10.3. The van der Waals surface area contributed by atoms with Gasteiger partial charge in [0.1, 0.15) is 5.75 Å². The smallest absolute Gasteiger partial charge is 0.286 e. The number of piperazine rings is 1. The highest BCUT2D eigenvalue weighted by atomic mass is 32.2. The summed E-state index contributed by atoms with van der Waals surface area (Å²) in [5.74, 6) is 0.262. The van der Waals surface area contributed by atoms with Gasteiger partial charge >= 0.3 is 0 Å². The van der Waals surface area contributed by atoms with Crippen molar-refractivity contribution >= 4 is 21.8 Å². The van der Waals surface area contributed by atoms with E-state index in [2.05, 4.69) is 5.32 Å². The summed E-state index contributed by atoms with van der Waals surface area (Å²) >= 11 is 0. The Morgan fingerprint density at radius 3 is 2.38 bits per heavy atom. The van der Waals surface area contributed by atoms with E-state index >= 15 is 0 Å². The van der Waals surface area contributed by atoms with Gasteiger partial charge < -0.3 is 19.4 Å². The Morgan fingerprint density at radius 2 is 1.79 bits per heavy atom. The number of nitrogens with one attached hydrogen (secondary N) is 1. The van der Waals surface area contributed by atoms with Gasteiger partial charge in [0.15, 0.2) is 5.76 Å². The molecule has 1 aromatic heterocycles. The molecule has 29 heavy (non-hydrogen) atoms. The standard InChI is InChI=1S/C19H23N3O6S/c1-27-15-4-6-16(7-5-15)29(25,26)22-12-10-21(11-13-22)18(23)8-9-20-19(24)17-3-2-14-28-17/h2-7,14H,8-13H2,1H3,(H,20,24). The van der Waals surface area contributed by atoms with Crippen molar-refractivity contribution in [1.82, 2.24) is 14.5 Å². The Morgan fingerprint density at radius 1 is 1.10 bits per heavy atom. The molecule has 1 saturated heterocycles. The van der Waals surface area contributed by atoms with Crippen molar-refractivity contribution in [3.05, 3.63) is 48.4 Å². The fraction of sp³-hybridized carbons (Fsp3) is 0.368. The lowest BCUT2D eigenvalue weighted by molar-refractivity contribution is -0.132. The van der Waals surface area contributed by atoms with Gasteiger partial charge in [-0.25, -0.2) is 8.42 Å². The van der Waals surface area contributed by atoms with Crippen LogP contribution in [0.2, 0.25) is 0 Å². The van der Waals surface area contributed by atoms with Gasteiger partial charge in [-0.2, -0.15) is 4.31 Å². The monoisotopic (exact) mass is 421 g/mol. The number of furan rings is 1. The predicted molar refractivity (Wildman–Crippen MR) is 104 cm³/mol. The van der Waals surface area contributed by atoms with Gasteiger partial charge in [-0.05, 0) is 36.4 Å². The number of rotatable bonds is 7. The fourth-order valence-corrected chi connectivity index (χ4v) is 4.43. The van der Waals surface area contributed by atoms with Crippen molar-refractivity contribution < 1.29 is 27.2 Å². The number of carbonyl (C=O) groups is 2. The van der Waals surface area contributed by atoms with Crippen molar-refractivity contribution in [3.8, 4) is 5.75 Å². The van der Waals surface area contributed by atoms with E-state index in [4.69, 9.17) is 9.15 Å². The van der Waals surface area contributed by atoms with E-state index in [1.54, 1.807) is 29.2 Å². The van der Waals surface area contributed by atoms with Crippen LogP contribution >= 0.6 is 0 Å². The molecule has 0 aliphatic carbocycles. The number of hydrogen-bond donors (Lipinski definition) is 1. The maximum absolute atomic E-state index is 12.7. The van der Waals surface area contributed by atoms with Crippen LogP contribution in [0.4, 0.5) is 0 Å². The highest BCUT2D eigenvalue weighted by Gasteiger charge is 2.30. The second-order valence-electron chi connectivity index (χ2n) is 6.44. The Balaban J connectivity index is 1.47. The van der Waals surface area contributed by atoms with Crippen LogP contribution in [0.3, 0.4) is 0 Å². The van der Waals surface area contributed by atoms with Crippen LogP contribution < -0.4 is 10.1 Å². The summed E-state index contributed by atoms with van der Waals surface area (Å²) in [7, 11) is -2.10. The van der Waals surface area contributed by atoms with Crippen LogP contribution in [0.25, 0.3) is 0 Å². The molecule has 1 N–H and O–H groups in total. The van der Waals surface area contributed by atoms with E-state index in [0.717, 1.165) is 0 Å². The molecule has 2 amide bonds. The summed E-state index contributed by atoms with van der Waals surface area (Å²) in [6.45, 7) is 1.24. The van der Waals surface area contributed by atoms with Crippen molar-refractivity contribution in [3.63, 3.8) is 0 Å². The van der Waals surface area contributed by atoms with E-state index in [9.17, 15) is 18.0 Å². The number of carbonyl (C=O) groups excluding carboxylic acids is 2. The van der Waals surface area contributed by atoms with Crippen molar-refractivity contribution in [2.75, 3.05) is 39.8 Å². The van der Waals surface area contributed by atoms with Gasteiger partial charge in [-0.1, -0.05) is 0 Å². The van der Waals surface area contributed by atoms with Gasteiger partial charge in [0.25, 0.3) is 5.91 Å². The zero-order valence-corrected chi connectivity index (χ0v) is 16.9. The number of ether oxygens (including phenoxy) is 1. The molecule has 1 fully saturated rings. The first kappa shape index (κ1) is 20.9. The average Bonchev–Trinajstić information content (AvgIpc) is 3.29. The molecule has 0 spiro atoms. The third kappa shape index (κ3) is 4.96. The molecule has 0 bridgehead atoms. The minimum absolute atomic E-state index is 0.133. The maximum Gasteiger partial charge on any atom is 0.286 e. The molecule has 156 valence electrons. The van der Waals surface area contributed by atoms with Gasteiger partial charge in [0.05, 0.1) is 18.3 Å². The lowest BCUT2D eigenvalue weighted by Crippen LogP contribution is -2.50. The Hall–Kier alpha value is -2.85. The molecule has 1 aliphatic heterocycles. The molecular weight excluding hydrogens is 398 g/mol. The second kappa shape index (κ2) is 9.10. The van der Waals surface area contributed by atoms with E-state index in [0.29, 0.717) is 18.8 Å². The maximum atomic E-state index is 12.7. The summed E-state index contributed by atoms with van der Waals surface area (Å²) in [5, 5.41) is 2.62. The summed E-state index contributed by atoms with van der Waals surface area (Å²) in [5.41, 5.74) is 0. The number of methoxy groups -OCH3 is 1. The molecule has 10 heteroatoms. The fourth-order valence-electron chi connectivity index (χ4n) is 3.01. The van der Waals surface area contributed by atoms with E-state index in [1.807, 2.05) is 0 Å². The molecule has 1 aromatic carbocycles. The summed E-state index contributed by atoms with van der Waals surface area (Å²) in [6, 6.07) is 9.37. The van der Waals surface area contributed by atoms with Crippen LogP contribution in [0, 0.1) is 0 Å². The molecular formula is C19H23N3O6S. The van der Waals surface area contributed by atoms with Gasteiger partial charge in [0, 0.05) is 39.1 Å². The molecule has 0 saturated carbocycles. The van der Waals surface area contributed by atoms with Crippen molar-refractivity contribution in [2.45, 2.75) is 11.3 Å². The molecule has 9 nitrogen and oxygen atoms in total. The lowest BCUT2D eigenvalue weighted by Gasteiger charge is -2.34. The number of nitrogens with zero attached hydrogens (tertiary/aromatic N) is 2. The molecule has 1 aliphatic rings. The number of amides is 2. The normalized spacial score (nSPS) is 15.1. The SMILES string of the molecule is COc1ccc(S(=O)(=O)N2CCN(C(=O)CCNC(=O)c3ccco3)CC2)cc1. The molecule has 0 radical (unpaired) electrons. The summed E-state index contributed by atoms with van der Waals surface area (Å²) in [4.78, 5) is 25.9. The predicted octanol–water partition coefficient (Wildman–Crippen LogP) is 0.941. The molecule has 2 heterocycles. The summed E-state index contributed by atoms with van der Waals surface area (Å²) in [6.07, 6.45) is 1.54. The molecule has 0 atom stereocenters. The van der Waals surface area contributed by atoms with Crippen molar-refractivity contribution in [1.29, 1.82) is 0 Å². The molecule has 2 aromatic rings. The zero-order valence-electron chi connectivity index (χ0n) is 16.0. The Labute approximate surface area is 169 Å². The topological polar surface area (TPSA) is 109 Å². The van der Waals surface area contributed by atoms with Gasteiger partial charge in [-0.15, -0.1) is 0 Å². The van der Waals surface area contributed by atoms with Crippen LogP contribution in [-0.4, -0.2) is 69.3 Å². The first-order valence-corrected chi connectivity index (χ1v) is 10.6. The number of hydrogen-bond acceptors (Lipinski definition) is 6. The Kier molecular flexibility index (Phi) is 6.55. The van der Waals surface area contributed by atoms with Gasteiger partial charge in [-0.3, -0.25) is 9.59 Å². The highest BCUT2D eigenvalue weighted by Crippen LogP contribution is 2.20. The quantitative estimate of drug-likeness (QED) is 0.713. The van der Waals surface area contributed by atoms with Crippen molar-refractivity contribution in [2.24, 2.45) is 0 Å². The van der Waals surface area contributed by atoms with Crippen LogP contribution in [0.5, 0.6) is 5.75 Å². The Bertz CT molecular complexity index is 933. The first-order valence-electron chi connectivity index (χ1n) is 9.15.